The van der Waals surface area contributed by atoms with Crippen molar-refractivity contribution in [2.45, 2.75) is 33.9 Å². The molecule has 3 rings (SSSR count). The third kappa shape index (κ3) is 5.93. The van der Waals surface area contributed by atoms with Crippen molar-refractivity contribution in [1.29, 1.82) is 0 Å². The molecule has 0 saturated heterocycles. The zero-order chi connectivity index (χ0) is 24.3. The maximum atomic E-state index is 13.2. The first-order chi connectivity index (χ1) is 15.5. The van der Waals surface area contributed by atoms with Crippen LogP contribution >= 0.6 is 11.6 Å². The summed E-state index contributed by atoms with van der Waals surface area (Å²) in [7, 11) is 0. The minimum absolute atomic E-state index is 0.0134. The van der Waals surface area contributed by atoms with Gasteiger partial charge in [-0.1, -0.05) is 35.4 Å². The van der Waals surface area contributed by atoms with Crippen LogP contribution in [-0.4, -0.2) is 11.6 Å². The van der Waals surface area contributed by atoms with Gasteiger partial charge in [-0.05, 0) is 69.7 Å². The number of carbonyl (C=O) groups excluding carboxylic acids is 1. The molecule has 4 nitrogen and oxygen atoms in total. The van der Waals surface area contributed by atoms with E-state index in [9.17, 15) is 18.0 Å². The largest absolute Gasteiger partial charge is 0.456 e. The zero-order valence-electron chi connectivity index (χ0n) is 18.5. The molecule has 0 spiro atoms. The molecule has 3 aromatic rings. The van der Waals surface area contributed by atoms with Gasteiger partial charge in [0.1, 0.15) is 5.76 Å². The molecule has 8 heteroatoms. The normalized spacial score (nSPS) is 11.9. The molecular weight excluding hydrogens is 453 g/mol. The highest BCUT2D eigenvalue weighted by atomic mass is 35.5. The maximum Gasteiger partial charge on any atom is 0.450 e. The van der Waals surface area contributed by atoms with Crippen molar-refractivity contribution >= 4 is 34.6 Å². The molecule has 0 bridgehead atoms. The quantitative estimate of drug-likeness (QED) is 0.382. The maximum absolute atomic E-state index is 13.2. The minimum Gasteiger partial charge on any atom is -0.456 e. The zero-order valence-corrected chi connectivity index (χ0v) is 19.2. The predicted molar refractivity (Wildman–Crippen MR) is 125 cm³/mol. The predicted octanol–water partition coefficient (Wildman–Crippen LogP) is 7.91. The second-order valence-electron chi connectivity index (χ2n) is 7.75. The highest BCUT2D eigenvalue weighted by molar-refractivity contribution is 6.35. The van der Waals surface area contributed by atoms with Gasteiger partial charge in [0.25, 0.3) is 5.91 Å². The van der Waals surface area contributed by atoms with Gasteiger partial charge in [-0.25, -0.2) is 4.99 Å². The lowest BCUT2D eigenvalue weighted by Crippen LogP contribution is -2.17. The van der Waals surface area contributed by atoms with E-state index in [1.165, 1.54) is 13.0 Å². The van der Waals surface area contributed by atoms with E-state index in [1.807, 2.05) is 51.1 Å². The van der Waals surface area contributed by atoms with Crippen LogP contribution in [0.2, 0.25) is 5.02 Å². The van der Waals surface area contributed by atoms with E-state index >= 15 is 0 Å². The van der Waals surface area contributed by atoms with E-state index < -0.39 is 23.4 Å². The number of amides is 1. The lowest BCUT2D eigenvalue weighted by Gasteiger charge is -2.12. The standard InChI is InChI=1S/C25H22ClF3N2O2/c1-14(2)11-22(31-21-8-6-5-7-15(21)3)18-13-17(9-10-20(18)26)30-24(32)19-12-16(4)33-23(19)25(27,28)29/h5-13H,1-4H3,(H,30,32). The van der Waals surface area contributed by atoms with Crippen LogP contribution < -0.4 is 5.32 Å². The molecule has 0 aliphatic carbocycles. The van der Waals surface area contributed by atoms with Crippen molar-refractivity contribution < 1.29 is 22.4 Å². The first kappa shape index (κ1) is 24.3. The van der Waals surface area contributed by atoms with Gasteiger partial charge in [-0.2, -0.15) is 13.2 Å². The first-order valence-corrected chi connectivity index (χ1v) is 10.4. The summed E-state index contributed by atoms with van der Waals surface area (Å²) in [5, 5.41) is 2.88. The SMILES string of the molecule is CC(C)=CC(=Nc1ccccc1C)c1cc(NC(=O)c2cc(C)oc2C(F)(F)F)ccc1Cl. The van der Waals surface area contributed by atoms with Gasteiger partial charge >= 0.3 is 6.18 Å². The lowest BCUT2D eigenvalue weighted by molar-refractivity contribution is -0.153. The second-order valence-corrected chi connectivity index (χ2v) is 8.16. The Balaban J connectivity index is 2.02. The summed E-state index contributed by atoms with van der Waals surface area (Å²) >= 11 is 6.44. The third-order valence-electron chi connectivity index (χ3n) is 4.64. The molecule has 2 aromatic carbocycles. The molecule has 0 aliphatic heterocycles. The second kappa shape index (κ2) is 9.67. The lowest BCUT2D eigenvalue weighted by atomic mass is 10.1. The van der Waals surface area contributed by atoms with Crippen LogP contribution in [0.1, 0.15) is 46.9 Å². The van der Waals surface area contributed by atoms with Crippen molar-refractivity contribution in [2.75, 3.05) is 5.32 Å². The van der Waals surface area contributed by atoms with Crippen molar-refractivity contribution in [3.8, 4) is 0 Å². The minimum atomic E-state index is -4.79. The number of halogens is 4. The number of nitrogens with zero attached hydrogens (tertiary/aromatic N) is 1. The highest BCUT2D eigenvalue weighted by Crippen LogP contribution is 2.34. The number of nitrogens with one attached hydrogen (secondary N) is 1. The molecule has 0 saturated carbocycles. The van der Waals surface area contributed by atoms with E-state index in [4.69, 9.17) is 21.0 Å². The number of para-hydroxylation sites is 1. The Morgan fingerprint density at radius 2 is 1.76 bits per heavy atom. The molecule has 1 aromatic heterocycles. The van der Waals surface area contributed by atoms with Crippen LogP contribution in [0.3, 0.4) is 0 Å². The average molecular weight is 475 g/mol. The molecule has 0 unspecified atom stereocenters. The molecule has 0 atom stereocenters. The molecule has 1 amide bonds. The monoisotopic (exact) mass is 474 g/mol. The number of hydrogen-bond acceptors (Lipinski definition) is 3. The first-order valence-electron chi connectivity index (χ1n) is 10.0. The Hall–Kier alpha value is -3.32. The summed E-state index contributed by atoms with van der Waals surface area (Å²) in [6, 6.07) is 13.3. The van der Waals surface area contributed by atoms with Crippen LogP contribution in [0.5, 0.6) is 0 Å². The Bertz CT molecular complexity index is 1250. The van der Waals surface area contributed by atoms with Gasteiger partial charge in [0.05, 0.1) is 22.0 Å². The van der Waals surface area contributed by atoms with E-state index in [0.29, 0.717) is 16.3 Å². The third-order valence-corrected chi connectivity index (χ3v) is 4.97. The van der Waals surface area contributed by atoms with Crippen LogP contribution in [0.15, 0.2) is 69.6 Å². The molecule has 0 aliphatic rings. The van der Waals surface area contributed by atoms with Crippen molar-refractivity contribution in [3.05, 3.63) is 93.4 Å². The number of alkyl halides is 3. The number of aliphatic imine (C=N–C) groups is 1. The Kier molecular flexibility index (Phi) is 7.12. The number of benzene rings is 2. The van der Waals surface area contributed by atoms with E-state index in [1.54, 1.807) is 12.1 Å². The number of carbonyl (C=O) groups is 1. The fourth-order valence-corrected chi connectivity index (χ4v) is 3.37. The fraction of sp³-hybridized carbons (Fsp3) is 0.200. The smallest absolute Gasteiger partial charge is 0.450 e. The molecule has 1 N–H and O–H groups in total. The van der Waals surface area contributed by atoms with Gasteiger partial charge in [-0.15, -0.1) is 0 Å². The fourth-order valence-electron chi connectivity index (χ4n) is 3.15. The molecule has 172 valence electrons. The van der Waals surface area contributed by atoms with Crippen LogP contribution in [0, 0.1) is 13.8 Å². The Morgan fingerprint density at radius 1 is 1.06 bits per heavy atom. The molecule has 0 fully saturated rings. The van der Waals surface area contributed by atoms with E-state index in [-0.39, 0.29) is 11.4 Å². The van der Waals surface area contributed by atoms with E-state index in [0.717, 1.165) is 22.9 Å². The van der Waals surface area contributed by atoms with Crippen molar-refractivity contribution in [1.82, 2.24) is 0 Å². The summed E-state index contributed by atoms with van der Waals surface area (Å²) in [4.78, 5) is 17.4. The van der Waals surface area contributed by atoms with Gasteiger partial charge in [0.2, 0.25) is 5.76 Å². The number of aryl methyl sites for hydroxylation is 2. The topological polar surface area (TPSA) is 54.6 Å². The van der Waals surface area contributed by atoms with Gasteiger partial charge < -0.3 is 9.73 Å². The summed E-state index contributed by atoms with van der Waals surface area (Å²) < 4.78 is 44.4. The molecular formula is C25H22ClF3N2O2. The van der Waals surface area contributed by atoms with Gasteiger partial charge in [-0.3, -0.25) is 4.79 Å². The number of furan rings is 1. The van der Waals surface area contributed by atoms with Crippen LogP contribution in [0.25, 0.3) is 0 Å². The number of allylic oxidation sites excluding steroid dienone is 2. The number of anilines is 1. The summed E-state index contributed by atoms with van der Waals surface area (Å²) in [5.74, 6) is -2.29. The Labute approximate surface area is 194 Å². The number of rotatable bonds is 5. The average Bonchev–Trinajstić information content (AvgIpc) is 3.13. The molecule has 0 radical (unpaired) electrons. The van der Waals surface area contributed by atoms with Crippen molar-refractivity contribution in [2.24, 2.45) is 4.99 Å². The number of hydrogen-bond donors (Lipinski definition) is 1. The molecule has 33 heavy (non-hydrogen) atoms. The van der Waals surface area contributed by atoms with Crippen LogP contribution in [0.4, 0.5) is 24.5 Å². The van der Waals surface area contributed by atoms with Gasteiger partial charge in [0, 0.05) is 11.3 Å². The van der Waals surface area contributed by atoms with Crippen molar-refractivity contribution in [3.63, 3.8) is 0 Å². The van der Waals surface area contributed by atoms with Crippen LogP contribution in [-0.2, 0) is 6.18 Å². The van der Waals surface area contributed by atoms with Gasteiger partial charge in [0.15, 0.2) is 0 Å². The Morgan fingerprint density at radius 3 is 2.39 bits per heavy atom. The summed E-state index contributed by atoms with van der Waals surface area (Å²) in [6.07, 6.45) is -2.94. The highest BCUT2D eigenvalue weighted by Gasteiger charge is 2.40. The van der Waals surface area contributed by atoms with E-state index in [2.05, 4.69) is 5.32 Å². The molecule has 1 heterocycles. The summed E-state index contributed by atoms with van der Waals surface area (Å²) in [5.41, 5.74) is 3.45. The summed E-state index contributed by atoms with van der Waals surface area (Å²) in [6.45, 7) is 7.10.